The molecule has 100 valence electrons. The average molecular weight is 249 g/mol. The van der Waals surface area contributed by atoms with Gasteiger partial charge in [0.25, 0.3) is 0 Å². The molecule has 2 heterocycles. The fraction of sp³-hybridized carbons (Fsp3) is 0.643. The van der Waals surface area contributed by atoms with Gasteiger partial charge in [-0.2, -0.15) is 0 Å². The fourth-order valence-electron chi connectivity index (χ4n) is 2.56. The van der Waals surface area contributed by atoms with Crippen LogP contribution in [0.4, 0.5) is 5.69 Å². The molecule has 0 bridgehead atoms. The lowest BCUT2D eigenvalue weighted by atomic mass is 10.0. The highest BCUT2D eigenvalue weighted by atomic mass is 16.3. The van der Waals surface area contributed by atoms with Crippen molar-refractivity contribution in [2.24, 2.45) is 0 Å². The lowest BCUT2D eigenvalue weighted by Gasteiger charge is -2.34. The Morgan fingerprint density at radius 2 is 2.39 bits per heavy atom. The number of anilines is 1. The van der Waals surface area contributed by atoms with Gasteiger partial charge in [-0.05, 0) is 38.4 Å². The smallest absolute Gasteiger partial charge is 0.0587 e. The van der Waals surface area contributed by atoms with E-state index in [1.165, 1.54) is 12.8 Å². The molecular formula is C14H23N3O. The van der Waals surface area contributed by atoms with Gasteiger partial charge in [-0.25, -0.2) is 0 Å². The van der Waals surface area contributed by atoms with Crippen molar-refractivity contribution in [1.29, 1.82) is 0 Å². The number of aromatic nitrogens is 1. The first-order chi connectivity index (χ1) is 8.83. The van der Waals surface area contributed by atoms with Crippen LogP contribution < -0.4 is 5.32 Å². The van der Waals surface area contributed by atoms with E-state index in [-0.39, 0.29) is 6.61 Å². The van der Waals surface area contributed by atoms with Gasteiger partial charge in [0.1, 0.15) is 0 Å². The van der Waals surface area contributed by atoms with E-state index in [0.717, 1.165) is 37.4 Å². The summed E-state index contributed by atoms with van der Waals surface area (Å²) in [6, 6.07) is 4.41. The SMILES string of the molecule is CCNc1ccnc(CN2CCCCC2CO)c1. The number of piperidine rings is 1. The Balaban J connectivity index is 2.00. The minimum atomic E-state index is 0.257. The highest BCUT2D eigenvalue weighted by Crippen LogP contribution is 2.19. The molecule has 1 saturated heterocycles. The van der Waals surface area contributed by atoms with Crippen LogP contribution in [0.25, 0.3) is 0 Å². The predicted octanol–water partition coefficient (Wildman–Crippen LogP) is 1.86. The van der Waals surface area contributed by atoms with Gasteiger partial charge in [-0.15, -0.1) is 0 Å². The molecule has 0 aromatic carbocycles. The first kappa shape index (κ1) is 13.3. The number of rotatable bonds is 5. The van der Waals surface area contributed by atoms with Crippen LogP contribution in [-0.2, 0) is 6.54 Å². The number of pyridine rings is 1. The number of likely N-dealkylation sites (tertiary alicyclic amines) is 1. The maximum absolute atomic E-state index is 9.40. The van der Waals surface area contributed by atoms with Crippen molar-refractivity contribution < 1.29 is 5.11 Å². The lowest BCUT2D eigenvalue weighted by Crippen LogP contribution is -2.41. The largest absolute Gasteiger partial charge is 0.395 e. The van der Waals surface area contributed by atoms with Gasteiger partial charge in [-0.3, -0.25) is 9.88 Å². The van der Waals surface area contributed by atoms with Crippen molar-refractivity contribution in [3.05, 3.63) is 24.0 Å². The molecule has 4 nitrogen and oxygen atoms in total. The summed E-state index contributed by atoms with van der Waals surface area (Å²) >= 11 is 0. The van der Waals surface area contributed by atoms with Gasteiger partial charge < -0.3 is 10.4 Å². The van der Waals surface area contributed by atoms with Crippen LogP contribution in [0, 0.1) is 0 Å². The molecule has 1 aliphatic rings. The Morgan fingerprint density at radius 3 is 3.17 bits per heavy atom. The third-order valence-corrected chi connectivity index (χ3v) is 3.52. The second-order valence-electron chi connectivity index (χ2n) is 4.87. The summed E-state index contributed by atoms with van der Waals surface area (Å²) in [5.74, 6) is 0. The van der Waals surface area contributed by atoms with Crippen LogP contribution in [0.2, 0.25) is 0 Å². The molecule has 1 aromatic rings. The second kappa shape index (κ2) is 6.71. The normalized spacial score (nSPS) is 20.9. The summed E-state index contributed by atoms with van der Waals surface area (Å²) in [5.41, 5.74) is 2.20. The van der Waals surface area contributed by atoms with Crippen molar-refractivity contribution in [3.8, 4) is 0 Å². The number of aliphatic hydroxyl groups excluding tert-OH is 1. The number of nitrogens with zero attached hydrogens (tertiary/aromatic N) is 2. The molecule has 2 N–H and O–H groups in total. The van der Waals surface area contributed by atoms with E-state index in [1.807, 2.05) is 12.3 Å². The fourth-order valence-corrected chi connectivity index (χ4v) is 2.56. The molecular weight excluding hydrogens is 226 g/mol. The van der Waals surface area contributed by atoms with Crippen molar-refractivity contribution in [2.45, 2.75) is 38.8 Å². The Kier molecular flexibility index (Phi) is 4.96. The Morgan fingerprint density at radius 1 is 1.50 bits per heavy atom. The zero-order chi connectivity index (χ0) is 12.8. The number of nitrogens with one attached hydrogen (secondary N) is 1. The third-order valence-electron chi connectivity index (χ3n) is 3.52. The van der Waals surface area contributed by atoms with Gasteiger partial charge in [-0.1, -0.05) is 6.42 Å². The summed E-state index contributed by atoms with van der Waals surface area (Å²) in [5, 5.41) is 12.7. The minimum absolute atomic E-state index is 0.257. The molecule has 1 aromatic heterocycles. The summed E-state index contributed by atoms with van der Waals surface area (Å²) in [6.07, 6.45) is 5.41. The molecule has 1 fully saturated rings. The quantitative estimate of drug-likeness (QED) is 0.836. The van der Waals surface area contributed by atoms with E-state index in [1.54, 1.807) is 0 Å². The van der Waals surface area contributed by atoms with Gasteiger partial charge >= 0.3 is 0 Å². The standard InChI is InChI=1S/C14H23N3O/c1-2-15-12-6-7-16-13(9-12)10-17-8-4-3-5-14(17)11-18/h6-7,9,14,18H,2-5,8,10-11H2,1H3,(H,15,16). The average Bonchev–Trinajstić information content (AvgIpc) is 2.40. The van der Waals surface area contributed by atoms with Crippen molar-refractivity contribution in [3.63, 3.8) is 0 Å². The van der Waals surface area contributed by atoms with Gasteiger partial charge in [0.2, 0.25) is 0 Å². The molecule has 0 aliphatic carbocycles. The van der Waals surface area contributed by atoms with Crippen molar-refractivity contribution in [2.75, 3.05) is 25.0 Å². The van der Waals surface area contributed by atoms with E-state index >= 15 is 0 Å². The molecule has 1 aliphatic heterocycles. The van der Waals surface area contributed by atoms with Crippen LogP contribution >= 0.6 is 0 Å². The Bertz CT molecular complexity index is 370. The molecule has 2 rings (SSSR count). The number of hydrogen-bond acceptors (Lipinski definition) is 4. The molecule has 0 radical (unpaired) electrons. The monoisotopic (exact) mass is 249 g/mol. The van der Waals surface area contributed by atoms with Crippen molar-refractivity contribution >= 4 is 5.69 Å². The highest BCUT2D eigenvalue weighted by molar-refractivity contribution is 5.42. The maximum atomic E-state index is 9.40. The van der Waals surface area contributed by atoms with Gasteiger partial charge in [0, 0.05) is 31.0 Å². The third kappa shape index (κ3) is 3.43. The summed E-state index contributed by atoms with van der Waals surface area (Å²) in [7, 11) is 0. The van der Waals surface area contributed by atoms with Crippen LogP contribution in [0.15, 0.2) is 18.3 Å². The summed E-state index contributed by atoms with van der Waals surface area (Å²) in [4.78, 5) is 6.77. The highest BCUT2D eigenvalue weighted by Gasteiger charge is 2.21. The molecule has 1 atom stereocenters. The Hall–Kier alpha value is -1.13. The molecule has 0 saturated carbocycles. The predicted molar refractivity (Wildman–Crippen MR) is 73.5 cm³/mol. The lowest BCUT2D eigenvalue weighted by molar-refractivity contribution is 0.0831. The Labute approximate surface area is 109 Å². The van der Waals surface area contributed by atoms with Crippen molar-refractivity contribution in [1.82, 2.24) is 9.88 Å². The minimum Gasteiger partial charge on any atom is -0.395 e. The van der Waals surface area contributed by atoms with Gasteiger partial charge in [0.05, 0.1) is 12.3 Å². The van der Waals surface area contributed by atoms with E-state index in [4.69, 9.17) is 0 Å². The molecule has 0 spiro atoms. The second-order valence-corrected chi connectivity index (χ2v) is 4.87. The van der Waals surface area contributed by atoms with Crippen LogP contribution in [-0.4, -0.2) is 40.7 Å². The summed E-state index contributed by atoms with van der Waals surface area (Å²) < 4.78 is 0. The van der Waals surface area contributed by atoms with E-state index in [2.05, 4.69) is 28.2 Å². The first-order valence-electron chi connectivity index (χ1n) is 6.87. The molecule has 18 heavy (non-hydrogen) atoms. The van der Waals surface area contributed by atoms with Crippen LogP contribution in [0.3, 0.4) is 0 Å². The molecule has 1 unspecified atom stereocenters. The van der Waals surface area contributed by atoms with E-state index in [0.29, 0.717) is 6.04 Å². The topological polar surface area (TPSA) is 48.4 Å². The molecule has 4 heteroatoms. The van der Waals surface area contributed by atoms with E-state index in [9.17, 15) is 5.11 Å². The summed E-state index contributed by atoms with van der Waals surface area (Å²) in [6.45, 7) is 5.18. The number of hydrogen-bond donors (Lipinski definition) is 2. The molecule has 0 amide bonds. The van der Waals surface area contributed by atoms with E-state index < -0.39 is 0 Å². The van der Waals surface area contributed by atoms with Crippen LogP contribution in [0.1, 0.15) is 31.9 Å². The zero-order valence-corrected chi connectivity index (χ0v) is 11.1. The zero-order valence-electron chi connectivity index (χ0n) is 11.1. The first-order valence-corrected chi connectivity index (χ1v) is 6.87. The maximum Gasteiger partial charge on any atom is 0.0587 e. The van der Waals surface area contributed by atoms with Crippen LogP contribution in [0.5, 0.6) is 0 Å². The number of aliphatic hydroxyl groups is 1. The van der Waals surface area contributed by atoms with Gasteiger partial charge in [0.15, 0.2) is 0 Å².